The van der Waals surface area contributed by atoms with Gasteiger partial charge in [-0.3, -0.25) is 0 Å². The molecule has 1 heterocycles. The van der Waals surface area contributed by atoms with Gasteiger partial charge in [-0.05, 0) is 73.6 Å². The lowest BCUT2D eigenvalue weighted by molar-refractivity contribution is 1.18. The molecule has 1 heteroatoms. The quantitative estimate of drug-likeness (QED) is 0.185. The highest BCUT2D eigenvalue weighted by Gasteiger charge is 2.21. The number of para-hydroxylation sites is 3. The average molecular weight is 572 g/mol. The van der Waals surface area contributed by atoms with Crippen molar-refractivity contribution in [2.75, 3.05) is 0 Å². The normalized spacial score (nSPS) is 11.6. The van der Waals surface area contributed by atoms with Crippen molar-refractivity contribution in [2.45, 2.75) is 0 Å². The summed E-state index contributed by atoms with van der Waals surface area (Å²) < 4.78 is 2.45. The number of benzene rings is 8. The Labute approximate surface area is 262 Å². The zero-order valence-corrected chi connectivity index (χ0v) is 24.7. The summed E-state index contributed by atoms with van der Waals surface area (Å²) in [5.41, 5.74) is 11.1. The summed E-state index contributed by atoms with van der Waals surface area (Å²) in [5, 5.41) is 7.56. The van der Waals surface area contributed by atoms with Gasteiger partial charge in [0.05, 0.1) is 11.0 Å². The van der Waals surface area contributed by atoms with Crippen molar-refractivity contribution < 1.29 is 0 Å². The van der Waals surface area contributed by atoms with Crippen LogP contribution in [0.1, 0.15) is 0 Å². The van der Waals surface area contributed by atoms with E-state index in [2.05, 4.69) is 180 Å². The fourth-order valence-corrected chi connectivity index (χ4v) is 7.28. The van der Waals surface area contributed by atoms with Gasteiger partial charge in [0, 0.05) is 22.0 Å². The molecule has 0 saturated carbocycles. The van der Waals surface area contributed by atoms with Crippen LogP contribution in [0, 0.1) is 0 Å². The maximum atomic E-state index is 2.45. The minimum atomic E-state index is 1.17. The first-order valence-corrected chi connectivity index (χ1v) is 15.5. The smallest absolute Gasteiger partial charge is 0.0619 e. The molecular weight excluding hydrogens is 542 g/mol. The van der Waals surface area contributed by atoms with E-state index in [9.17, 15) is 0 Å². The maximum absolute atomic E-state index is 2.45. The molecule has 9 aromatic rings. The highest BCUT2D eigenvalue weighted by Crippen LogP contribution is 2.47. The predicted molar refractivity (Wildman–Crippen MR) is 192 cm³/mol. The zero-order valence-electron chi connectivity index (χ0n) is 24.7. The fourth-order valence-electron chi connectivity index (χ4n) is 7.28. The molecular formula is C44H29N. The van der Waals surface area contributed by atoms with Crippen molar-refractivity contribution in [3.8, 4) is 39.1 Å². The van der Waals surface area contributed by atoms with E-state index >= 15 is 0 Å². The van der Waals surface area contributed by atoms with Crippen LogP contribution in [0.2, 0.25) is 0 Å². The van der Waals surface area contributed by atoms with Crippen LogP contribution in [-0.2, 0) is 0 Å². The van der Waals surface area contributed by atoms with Gasteiger partial charge in [0.15, 0.2) is 0 Å². The highest BCUT2D eigenvalue weighted by molar-refractivity contribution is 6.25. The second-order valence-corrected chi connectivity index (χ2v) is 11.7. The summed E-state index contributed by atoms with van der Waals surface area (Å²) in [6.07, 6.45) is 0. The summed E-state index contributed by atoms with van der Waals surface area (Å²) in [5.74, 6) is 0. The van der Waals surface area contributed by atoms with E-state index < -0.39 is 0 Å². The first-order valence-electron chi connectivity index (χ1n) is 15.5. The lowest BCUT2D eigenvalue weighted by Crippen LogP contribution is -1.96. The molecule has 0 aliphatic carbocycles. The number of hydrogen-bond acceptors (Lipinski definition) is 0. The molecule has 0 bridgehead atoms. The predicted octanol–water partition coefficient (Wildman–Crippen LogP) is 12.1. The zero-order chi connectivity index (χ0) is 29.7. The highest BCUT2D eigenvalue weighted by atomic mass is 15.0. The topological polar surface area (TPSA) is 4.93 Å². The van der Waals surface area contributed by atoms with Gasteiger partial charge in [-0.25, -0.2) is 0 Å². The largest absolute Gasteiger partial charge is 0.309 e. The van der Waals surface area contributed by atoms with E-state index in [-0.39, 0.29) is 0 Å². The van der Waals surface area contributed by atoms with Crippen LogP contribution in [-0.4, -0.2) is 4.57 Å². The first-order chi connectivity index (χ1) is 22.4. The molecule has 1 aromatic heterocycles. The molecule has 0 unspecified atom stereocenters. The van der Waals surface area contributed by atoms with E-state index in [4.69, 9.17) is 0 Å². The third-order valence-corrected chi connectivity index (χ3v) is 9.17. The SMILES string of the molecule is c1ccc(-c2cccc(-c3c4ccccc4c(-c4cccc5c6ccccc6n(-c6ccccc6)c45)c4ccccc34)c2)cc1. The van der Waals surface area contributed by atoms with Gasteiger partial charge in [-0.1, -0.05) is 152 Å². The number of fused-ring (bicyclic) bond motifs is 5. The van der Waals surface area contributed by atoms with Gasteiger partial charge in [0.2, 0.25) is 0 Å². The van der Waals surface area contributed by atoms with Crippen molar-refractivity contribution in [2.24, 2.45) is 0 Å². The molecule has 45 heavy (non-hydrogen) atoms. The van der Waals surface area contributed by atoms with Crippen molar-refractivity contribution >= 4 is 43.4 Å². The van der Waals surface area contributed by atoms with Crippen LogP contribution < -0.4 is 0 Å². The summed E-state index contributed by atoms with van der Waals surface area (Å²) >= 11 is 0. The number of nitrogens with zero attached hydrogens (tertiary/aromatic N) is 1. The molecule has 9 rings (SSSR count). The molecule has 0 radical (unpaired) electrons. The Hall–Kier alpha value is -5.92. The van der Waals surface area contributed by atoms with Gasteiger partial charge in [0.25, 0.3) is 0 Å². The van der Waals surface area contributed by atoms with Crippen LogP contribution >= 0.6 is 0 Å². The Morgan fingerprint density at radius 1 is 0.311 bits per heavy atom. The standard InChI is InChI=1S/C44H29N/c1-3-15-30(16-4-1)31-17-13-18-32(29-31)42-35-22-7-9-24-37(35)43(38-25-10-8-23-36(38)42)40-27-14-26-39-34-21-11-12-28-41(34)45(44(39)40)33-19-5-2-6-20-33/h1-29H. The molecule has 0 fully saturated rings. The van der Waals surface area contributed by atoms with E-state index in [0.717, 1.165) is 0 Å². The molecule has 0 amide bonds. The van der Waals surface area contributed by atoms with Gasteiger partial charge < -0.3 is 4.57 Å². The minimum absolute atomic E-state index is 1.17. The van der Waals surface area contributed by atoms with Crippen LogP contribution in [0.25, 0.3) is 82.4 Å². The molecule has 0 aliphatic heterocycles. The van der Waals surface area contributed by atoms with Crippen molar-refractivity contribution in [3.63, 3.8) is 0 Å². The van der Waals surface area contributed by atoms with E-state index in [1.165, 1.54) is 82.4 Å². The summed E-state index contributed by atoms with van der Waals surface area (Å²) in [6.45, 7) is 0. The first kappa shape index (κ1) is 25.6. The summed E-state index contributed by atoms with van der Waals surface area (Å²) in [6, 6.07) is 63.9. The number of aromatic nitrogens is 1. The molecule has 0 atom stereocenters. The third-order valence-electron chi connectivity index (χ3n) is 9.17. The van der Waals surface area contributed by atoms with Gasteiger partial charge in [0.1, 0.15) is 0 Å². The van der Waals surface area contributed by atoms with E-state index in [0.29, 0.717) is 0 Å². The van der Waals surface area contributed by atoms with Crippen LogP contribution in [0.4, 0.5) is 0 Å². The molecule has 8 aromatic carbocycles. The monoisotopic (exact) mass is 571 g/mol. The lowest BCUT2D eigenvalue weighted by atomic mass is 9.85. The van der Waals surface area contributed by atoms with E-state index in [1.54, 1.807) is 0 Å². The Morgan fingerprint density at radius 3 is 1.49 bits per heavy atom. The van der Waals surface area contributed by atoms with Gasteiger partial charge in [-0.2, -0.15) is 0 Å². The lowest BCUT2D eigenvalue weighted by Gasteiger charge is -2.19. The fraction of sp³-hybridized carbons (Fsp3) is 0. The molecule has 1 nitrogen and oxygen atoms in total. The molecule has 0 aliphatic rings. The molecule has 210 valence electrons. The Balaban J connectivity index is 1.41. The Bertz CT molecular complexity index is 2460. The van der Waals surface area contributed by atoms with Gasteiger partial charge >= 0.3 is 0 Å². The number of hydrogen-bond donors (Lipinski definition) is 0. The van der Waals surface area contributed by atoms with Crippen LogP contribution in [0.15, 0.2) is 176 Å². The van der Waals surface area contributed by atoms with Crippen LogP contribution in [0.5, 0.6) is 0 Å². The summed E-state index contributed by atoms with van der Waals surface area (Å²) in [7, 11) is 0. The second kappa shape index (κ2) is 10.4. The van der Waals surface area contributed by atoms with Crippen LogP contribution in [0.3, 0.4) is 0 Å². The van der Waals surface area contributed by atoms with Crippen molar-refractivity contribution in [1.82, 2.24) is 4.57 Å². The Kier molecular flexibility index (Phi) is 5.89. The minimum Gasteiger partial charge on any atom is -0.309 e. The number of rotatable bonds is 4. The van der Waals surface area contributed by atoms with Crippen molar-refractivity contribution in [1.29, 1.82) is 0 Å². The molecule has 0 spiro atoms. The second-order valence-electron chi connectivity index (χ2n) is 11.7. The Morgan fingerprint density at radius 2 is 0.800 bits per heavy atom. The maximum Gasteiger partial charge on any atom is 0.0619 e. The van der Waals surface area contributed by atoms with Gasteiger partial charge in [-0.15, -0.1) is 0 Å². The molecule has 0 saturated heterocycles. The third kappa shape index (κ3) is 4.02. The van der Waals surface area contributed by atoms with Crippen molar-refractivity contribution in [3.05, 3.63) is 176 Å². The van der Waals surface area contributed by atoms with E-state index in [1.807, 2.05) is 0 Å². The molecule has 0 N–H and O–H groups in total. The summed E-state index contributed by atoms with van der Waals surface area (Å²) in [4.78, 5) is 0. The average Bonchev–Trinajstić information content (AvgIpc) is 3.46.